The topological polar surface area (TPSA) is 30.5 Å². The first-order valence-electron chi connectivity index (χ1n) is 5.70. The van der Waals surface area contributed by atoms with E-state index in [9.17, 15) is 0 Å². The van der Waals surface area contributed by atoms with Crippen LogP contribution in [0.2, 0.25) is 0 Å². The first kappa shape index (κ1) is 11.3. The second-order valence-electron chi connectivity index (χ2n) is 4.41. The molecule has 0 spiro atoms. The molecule has 88 valence electrons. The van der Waals surface area contributed by atoms with Gasteiger partial charge in [0.1, 0.15) is 11.5 Å². The molecule has 1 aromatic rings. The third-order valence-corrected chi connectivity index (χ3v) is 3.16. The third-order valence-electron chi connectivity index (χ3n) is 3.16. The molecule has 0 radical (unpaired) electrons. The van der Waals surface area contributed by atoms with Crippen molar-refractivity contribution < 1.29 is 9.47 Å². The van der Waals surface area contributed by atoms with Crippen molar-refractivity contribution in [3.63, 3.8) is 0 Å². The van der Waals surface area contributed by atoms with E-state index in [0.29, 0.717) is 6.04 Å². The molecular weight excluding hydrogens is 202 g/mol. The van der Waals surface area contributed by atoms with Crippen LogP contribution in [0.25, 0.3) is 0 Å². The molecule has 3 nitrogen and oxygen atoms in total. The van der Waals surface area contributed by atoms with E-state index in [1.54, 1.807) is 14.2 Å². The molecule has 0 amide bonds. The number of hydrogen-bond acceptors (Lipinski definition) is 3. The summed E-state index contributed by atoms with van der Waals surface area (Å²) in [5, 5.41) is 3.51. The highest BCUT2D eigenvalue weighted by atomic mass is 16.5. The van der Waals surface area contributed by atoms with Crippen molar-refractivity contribution in [2.45, 2.75) is 19.4 Å². The van der Waals surface area contributed by atoms with E-state index in [0.717, 1.165) is 30.4 Å². The maximum Gasteiger partial charge on any atom is 0.123 e. The summed E-state index contributed by atoms with van der Waals surface area (Å²) in [6.45, 7) is 3.34. The summed E-state index contributed by atoms with van der Waals surface area (Å²) in [5.41, 5.74) is 1.20. The van der Waals surface area contributed by atoms with Crippen LogP contribution in [0, 0.1) is 5.92 Å². The molecule has 2 atom stereocenters. The average Bonchev–Trinajstić information content (AvgIpc) is 2.75. The fourth-order valence-corrected chi connectivity index (χ4v) is 2.26. The van der Waals surface area contributed by atoms with Gasteiger partial charge in [0.25, 0.3) is 0 Å². The average molecular weight is 221 g/mol. The predicted molar refractivity (Wildman–Crippen MR) is 64.1 cm³/mol. The van der Waals surface area contributed by atoms with Gasteiger partial charge in [0.15, 0.2) is 0 Å². The van der Waals surface area contributed by atoms with Gasteiger partial charge in [0.2, 0.25) is 0 Å². The molecule has 0 aliphatic carbocycles. The minimum atomic E-state index is 0.389. The van der Waals surface area contributed by atoms with Gasteiger partial charge < -0.3 is 14.8 Å². The molecule has 1 saturated heterocycles. The fourth-order valence-electron chi connectivity index (χ4n) is 2.26. The molecule has 1 N–H and O–H groups in total. The number of rotatable bonds is 3. The number of nitrogens with one attached hydrogen (secondary N) is 1. The molecule has 2 rings (SSSR count). The fraction of sp³-hybridized carbons (Fsp3) is 0.538. The zero-order chi connectivity index (χ0) is 11.5. The van der Waals surface area contributed by atoms with Crippen molar-refractivity contribution in [1.82, 2.24) is 5.32 Å². The van der Waals surface area contributed by atoms with E-state index >= 15 is 0 Å². The molecular formula is C13H19NO2. The number of methoxy groups -OCH3 is 2. The Bertz CT molecular complexity index is 365. The van der Waals surface area contributed by atoms with Crippen molar-refractivity contribution in [1.29, 1.82) is 0 Å². The van der Waals surface area contributed by atoms with Crippen LogP contribution < -0.4 is 14.8 Å². The highest BCUT2D eigenvalue weighted by Gasteiger charge is 2.24. The number of benzene rings is 1. The van der Waals surface area contributed by atoms with Crippen LogP contribution in [0.15, 0.2) is 18.2 Å². The Balaban J connectivity index is 2.29. The van der Waals surface area contributed by atoms with Crippen molar-refractivity contribution in [3.05, 3.63) is 23.8 Å². The summed E-state index contributed by atoms with van der Waals surface area (Å²) in [4.78, 5) is 0. The van der Waals surface area contributed by atoms with Crippen LogP contribution in [-0.2, 0) is 0 Å². The Kier molecular flexibility index (Phi) is 3.34. The maximum atomic E-state index is 5.40. The number of ether oxygens (including phenoxy) is 2. The highest BCUT2D eigenvalue weighted by Crippen LogP contribution is 2.35. The largest absolute Gasteiger partial charge is 0.497 e. The van der Waals surface area contributed by atoms with Crippen LogP contribution in [0.1, 0.15) is 24.9 Å². The van der Waals surface area contributed by atoms with E-state index < -0.39 is 0 Å². The summed E-state index contributed by atoms with van der Waals surface area (Å²) in [6, 6.07) is 6.36. The van der Waals surface area contributed by atoms with Gasteiger partial charge in [0, 0.05) is 11.6 Å². The minimum Gasteiger partial charge on any atom is -0.497 e. The lowest BCUT2D eigenvalue weighted by atomic mass is 10.00. The normalized spacial score (nSPS) is 24.4. The summed E-state index contributed by atoms with van der Waals surface area (Å²) >= 11 is 0. The molecule has 1 aromatic carbocycles. The zero-order valence-corrected chi connectivity index (χ0v) is 10.1. The summed E-state index contributed by atoms with van der Waals surface area (Å²) < 4.78 is 10.7. The van der Waals surface area contributed by atoms with Crippen LogP contribution in [-0.4, -0.2) is 20.8 Å². The second-order valence-corrected chi connectivity index (χ2v) is 4.41. The summed E-state index contributed by atoms with van der Waals surface area (Å²) in [5.74, 6) is 2.55. The molecule has 1 aliphatic heterocycles. The third kappa shape index (κ3) is 2.14. The van der Waals surface area contributed by atoms with Gasteiger partial charge in [-0.2, -0.15) is 0 Å². The molecule has 1 heterocycles. The van der Waals surface area contributed by atoms with Gasteiger partial charge in [-0.05, 0) is 37.1 Å². The van der Waals surface area contributed by atoms with Gasteiger partial charge in [-0.1, -0.05) is 6.92 Å². The van der Waals surface area contributed by atoms with Gasteiger partial charge in [-0.25, -0.2) is 0 Å². The highest BCUT2D eigenvalue weighted by molar-refractivity contribution is 5.42. The maximum absolute atomic E-state index is 5.40. The zero-order valence-electron chi connectivity index (χ0n) is 10.1. The Morgan fingerprint density at radius 2 is 2.06 bits per heavy atom. The van der Waals surface area contributed by atoms with Crippen molar-refractivity contribution in [3.8, 4) is 11.5 Å². The predicted octanol–water partition coefficient (Wildman–Crippen LogP) is 2.37. The molecule has 16 heavy (non-hydrogen) atoms. The van der Waals surface area contributed by atoms with Crippen molar-refractivity contribution >= 4 is 0 Å². The number of hydrogen-bond donors (Lipinski definition) is 1. The lowest BCUT2D eigenvalue weighted by Crippen LogP contribution is -2.14. The van der Waals surface area contributed by atoms with E-state index in [1.807, 2.05) is 12.1 Å². The SMILES string of the molecule is COc1ccc(OC)c([C@@H]2C[C@@H](C)CN2)c1. The Labute approximate surface area is 96.8 Å². The van der Waals surface area contributed by atoms with Gasteiger partial charge in [0.05, 0.1) is 14.2 Å². The molecule has 0 aromatic heterocycles. The van der Waals surface area contributed by atoms with E-state index in [-0.39, 0.29) is 0 Å². The van der Waals surface area contributed by atoms with Crippen LogP contribution >= 0.6 is 0 Å². The Morgan fingerprint density at radius 1 is 1.25 bits per heavy atom. The van der Waals surface area contributed by atoms with E-state index in [2.05, 4.69) is 18.3 Å². The van der Waals surface area contributed by atoms with Gasteiger partial charge >= 0.3 is 0 Å². The minimum absolute atomic E-state index is 0.389. The smallest absolute Gasteiger partial charge is 0.123 e. The lowest BCUT2D eigenvalue weighted by Gasteiger charge is -2.16. The monoisotopic (exact) mass is 221 g/mol. The quantitative estimate of drug-likeness (QED) is 0.850. The summed E-state index contributed by atoms with van der Waals surface area (Å²) in [7, 11) is 3.40. The first-order valence-corrected chi connectivity index (χ1v) is 5.70. The lowest BCUT2D eigenvalue weighted by molar-refractivity contribution is 0.392. The molecule has 0 unspecified atom stereocenters. The van der Waals surface area contributed by atoms with E-state index in [1.165, 1.54) is 5.56 Å². The van der Waals surface area contributed by atoms with Gasteiger partial charge in [-0.15, -0.1) is 0 Å². The van der Waals surface area contributed by atoms with Crippen molar-refractivity contribution in [2.24, 2.45) is 5.92 Å². The second kappa shape index (κ2) is 4.74. The molecule has 0 saturated carbocycles. The Hall–Kier alpha value is -1.22. The van der Waals surface area contributed by atoms with Crippen LogP contribution in [0.4, 0.5) is 0 Å². The standard InChI is InChI=1S/C13H19NO2/c1-9-6-12(14-8-9)11-7-10(15-2)4-5-13(11)16-3/h4-5,7,9,12,14H,6,8H2,1-3H3/t9-,12+/m1/s1. The van der Waals surface area contributed by atoms with Crippen molar-refractivity contribution in [2.75, 3.05) is 20.8 Å². The van der Waals surface area contributed by atoms with Crippen LogP contribution in [0.3, 0.4) is 0 Å². The molecule has 1 aliphatic rings. The first-order chi connectivity index (χ1) is 7.74. The van der Waals surface area contributed by atoms with Crippen LogP contribution in [0.5, 0.6) is 11.5 Å². The Morgan fingerprint density at radius 3 is 2.62 bits per heavy atom. The van der Waals surface area contributed by atoms with Gasteiger partial charge in [-0.3, -0.25) is 0 Å². The summed E-state index contributed by atoms with van der Waals surface area (Å²) in [6.07, 6.45) is 1.16. The molecule has 1 fully saturated rings. The van der Waals surface area contributed by atoms with E-state index in [4.69, 9.17) is 9.47 Å². The molecule has 3 heteroatoms. The molecule has 0 bridgehead atoms.